The number of anilines is 2. The molecule has 0 radical (unpaired) electrons. The van der Waals surface area contributed by atoms with Gasteiger partial charge >= 0.3 is 0 Å². The van der Waals surface area contributed by atoms with Crippen LogP contribution in [0.3, 0.4) is 0 Å². The van der Waals surface area contributed by atoms with E-state index in [-0.39, 0.29) is 10.8 Å². The lowest BCUT2D eigenvalue weighted by Crippen LogP contribution is -2.57. The minimum absolute atomic E-state index is 0.0213. The molecule has 6 aromatic carbocycles. The van der Waals surface area contributed by atoms with Crippen LogP contribution >= 0.6 is 0 Å². The van der Waals surface area contributed by atoms with Crippen molar-refractivity contribution in [1.82, 2.24) is 9.80 Å². The van der Waals surface area contributed by atoms with Crippen molar-refractivity contribution in [3.05, 3.63) is 201 Å². The minimum Gasteiger partial charge on any atom is -0.325 e. The predicted molar refractivity (Wildman–Crippen MR) is 263 cm³/mol. The third kappa shape index (κ3) is 5.00. The Kier molecular flexibility index (Phi) is 7.98. The van der Waals surface area contributed by atoms with Gasteiger partial charge in [-0.1, -0.05) is 151 Å². The van der Waals surface area contributed by atoms with Gasteiger partial charge in [-0.2, -0.15) is 0 Å². The second-order valence-corrected chi connectivity index (χ2v) is 21.8. The fourth-order valence-electron chi connectivity index (χ4n) is 13.4. The summed E-state index contributed by atoms with van der Waals surface area (Å²) in [5.41, 5.74) is 24.3. The molecule has 0 unspecified atom stereocenters. The van der Waals surface area contributed by atoms with E-state index in [0.717, 1.165) is 39.0 Å². The van der Waals surface area contributed by atoms with Gasteiger partial charge in [-0.25, -0.2) is 0 Å². The number of hydrogen-bond donors (Lipinski definition) is 0. The Balaban J connectivity index is 1.13. The first kappa shape index (κ1) is 38.5. The number of fused-ring (bicyclic) bond motifs is 28. The van der Waals surface area contributed by atoms with Crippen LogP contribution in [-0.2, 0) is 21.9 Å². The summed E-state index contributed by atoms with van der Waals surface area (Å²) in [5, 5.41) is 0. The summed E-state index contributed by atoms with van der Waals surface area (Å²) in [6.07, 6.45) is 9.27. The molecule has 4 heteroatoms. The van der Waals surface area contributed by atoms with Crippen molar-refractivity contribution in [3.8, 4) is 22.3 Å². The van der Waals surface area contributed by atoms with Crippen LogP contribution in [-0.4, -0.2) is 23.1 Å². The fourth-order valence-corrected chi connectivity index (χ4v) is 13.4. The average molecular weight is 837 g/mol. The summed E-state index contributed by atoms with van der Waals surface area (Å²) >= 11 is 0. The molecule has 0 aromatic heterocycles. The number of allylic oxidation sites excluding steroid dienone is 4. The molecule has 320 valence electrons. The number of hydrogen-bond acceptors (Lipinski definition) is 4. The van der Waals surface area contributed by atoms with E-state index in [2.05, 4.69) is 195 Å². The molecule has 4 aliphatic carbocycles. The molecule has 13 rings (SSSR count). The largest absolute Gasteiger partial charge is 0.325 e. The standard InChI is InChI=1S/C60H60N4/c1-57(2,3)39-29-31-49-47(35-39)48-36-40(58(4,5)6)30-32-50(48)59(49)41-17-15-19-43(33-41)61-37-63(55-27-13-11-25-53(55)61)60(51-23-9-7-21-45(51)46-22-8-10-24-52(46)60)64-38-62(44-20-16-18-42(59)34-44)54-26-12-14-28-56(54)64/h7-10,15-24,29-36H,11-14,25-28,37-38H2,1-6H3. The van der Waals surface area contributed by atoms with Crippen LogP contribution in [0.5, 0.6) is 0 Å². The van der Waals surface area contributed by atoms with Crippen molar-refractivity contribution >= 4 is 11.4 Å². The maximum atomic E-state index is 2.90. The lowest BCUT2D eigenvalue weighted by Gasteiger charge is -2.51. The quantitative estimate of drug-likeness (QED) is 0.151. The van der Waals surface area contributed by atoms with Crippen molar-refractivity contribution in [2.45, 2.75) is 115 Å². The Labute approximate surface area is 380 Å². The van der Waals surface area contributed by atoms with Gasteiger partial charge in [0.2, 0.25) is 0 Å². The van der Waals surface area contributed by atoms with E-state index in [1.165, 1.54) is 127 Å². The second kappa shape index (κ2) is 13.3. The molecule has 2 spiro atoms. The number of benzene rings is 6. The summed E-state index contributed by atoms with van der Waals surface area (Å²) in [5.74, 6) is 0. The van der Waals surface area contributed by atoms with Gasteiger partial charge in [-0.3, -0.25) is 0 Å². The monoisotopic (exact) mass is 836 g/mol. The molecular formula is C60H60N4. The van der Waals surface area contributed by atoms with E-state index in [9.17, 15) is 0 Å². The molecule has 0 fully saturated rings. The van der Waals surface area contributed by atoms with Gasteiger partial charge in [0.15, 0.2) is 5.66 Å². The van der Waals surface area contributed by atoms with Crippen molar-refractivity contribution in [2.24, 2.45) is 0 Å². The summed E-state index contributed by atoms with van der Waals surface area (Å²) < 4.78 is 0. The van der Waals surface area contributed by atoms with E-state index >= 15 is 0 Å². The van der Waals surface area contributed by atoms with Crippen LogP contribution in [0, 0.1) is 0 Å². The van der Waals surface area contributed by atoms with Gasteiger partial charge in [-0.05, 0) is 142 Å². The molecule has 0 saturated heterocycles. The Hall–Kier alpha value is -6.00. The third-order valence-corrected chi connectivity index (χ3v) is 16.4. The Bertz CT molecular complexity index is 2820. The molecule has 0 atom stereocenters. The molecule has 3 heterocycles. The molecule has 0 amide bonds. The summed E-state index contributed by atoms with van der Waals surface area (Å²) in [6.45, 7) is 15.8. The van der Waals surface area contributed by atoms with Gasteiger partial charge in [0, 0.05) is 45.3 Å². The highest BCUT2D eigenvalue weighted by Crippen LogP contribution is 2.62. The summed E-state index contributed by atoms with van der Waals surface area (Å²) in [4.78, 5) is 11.3. The zero-order valence-electron chi connectivity index (χ0n) is 38.6. The van der Waals surface area contributed by atoms with Gasteiger partial charge < -0.3 is 19.6 Å². The normalized spacial score (nSPS) is 19.7. The Morgan fingerprint density at radius 3 is 1.25 bits per heavy atom. The second-order valence-electron chi connectivity index (χ2n) is 21.8. The van der Waals surface area contributed by atoms with Crippen molar-refractivity contribution in [2.75, 3.05) is 23.1 Å². The zero-order valence-corrected chi connectivity index (χ0v) is 38.6. The topological polar surface area (TPSA) is 13.0 Å². The van der Waals surface area contributed by atoms with E-state index in [0.29, 0.717) is 0 Å². The third-order valence-electron chi connectivity index (χ3n) is 16.4. The van der Waals surface area contributed by atoms with Gasteiger partial charge in [0.05, 0.1) is 18.8 Å². The molecule has 6 aromatic rings. The SMILES string of the molecule is CC(C)(C)c1ccc2c(c1)-c1cc(C(C)(C)C)ccc1C21c2cccc(c2)N2CN(C3=C2CCCC3)C2(c3ccccc3-c3ccccc32)N2CN(C3=C2CCCC3)c2cccc1c2. The summed E-state index contributed by atoms with van der Waals surface area (Å²) in [7, 11) is 0. The highest BCUT2D eigenvalue weighted by Gasteiger charge is 2.58. The molecular weight excluding hydrogens is 777 g/mol. The Morgan fingerprint density at radius 1 is 0.391 bits per heavy atom. The number of nitrogens with zero attached hydrogens (tertiary/aromatic N) is 4. The molecule has 0 N–H and O–H groups in total. The maximum Gasteiger partial charge on any atom is 0.170 e. The van der Waals surface area contributed by atoms with Gasteiger partial charge in [0.1, 0.15) is 0 Å². The predicted octanol–water partition coefficient (Wildman–Crippen LogP) is 14.3. The van der Waals surface area contributed by atoms with E-state index < -0.39 is 11.1 Å². The highest BCUT2D eigenvalue weighted by molar-refractivity contribution is 5.88. The maximum absolute atomic E-state index is 2.90. The van der Waals surface area contributed by atoms with Crippen LogP contribution in [0.15, 0.2) is 156 Å². The molecule has 4 nitrogen and oxygen atoms in total. The van der Waals surface area contributed by atoms with Crippen LogP contribution < -0.4 is 9.80 Å². The molecule has 0 saturated carbocycles. The Morgan fingerprint density at radius 2 is 0.812 bits per heavy atom. The first-order chi connectivity index (χ1) is 31.0. The average Bonchev–Trinajstić information content (AvgIpc) is 4.05. The van der Waals surface area contributed by atoms with E-state index in [4.69, 9.17) is 0 Å². The lowest BCUT2D eigenvalue weighted by molar-refractivity contribution is 0.0264. The molecule has 3 aliphatic heterocycles. The van der Waals surface area contributed by atoms with Crippen LogP contribution in [0.4, 0.5) is 11.4 Å². The van der Waals surface area contributed by atoms with Crippen molar-refractivity contribution < 1.29 is 0 Å². The van der Waals surface area contributed by atoms with Gasteiger partial charge in [0.25, 0.3) is 0 Å². The molecule has 8 bridgehead atoms. The van der Waals surface area contributed by atoms with E-state index in [1.807, 2.05) is 0 Å². The first-order valence-corrected chi connectivity index (χ1v) is 24.2. The van der Waals surface area contributed by atoms with Crippen LogP contribution in [0.1, 0.15) is 137 Å². The van der Waals surface area contributed by atoms with E-state index in [1.54, 1.807) is 0 Å². The smallest absolute Gasteiger partial charge is 0.170 e. The first-order valence-electron chi connectivity index (χ1n) is 24.2. The fraction of sp³-hybridized carbons (Fsp3) is 0.333. The zero-order chi connectivity index (χ0) is 43.3. The molecule has 7 aliphatic rings. The van der Waals surface area contributed by atoms with Gasteiger partial charge in [-0.15, -0.1) is 0 Å². The minimum atomic E-state index is -0.523. The lowest BCUT2D eigenvalue weighted by atomic mass is 9.67. The van der Waals surface area contributed by atoms with Crippen molar-refractivity contribution in [3.63, 3.8) is 0 Å². The molecule has 64 heavy (non-hydrogen) atoms. The van der Waals surface area contributed by atoms with Crippen LogP contribution in [0.2, 0.25) is 0 Å². The van der Waals surface area contributed by atoms with Crippen molar-refractivity contribution in [1.29, 1.82) is 0 Å². The highest BCUT2D eigenvalue weighted by atomic mass is 15.5. The summed E-state index contributed by atoms with van der Waals surface area (Å²) in [6, 6.07) is 53.4. The van der Waals surface area contributed by atoms with Crippen LogP contribution in [0.25, 0.3) is 22.3 Å². The number of rotatable bonds is 0.